The van der Waals surface area contributed by atoms with E-state index in [0.717, 1.165) is 12.8 Å². The maximum absolute atomic E-state index is 9.04. The van der Waals surface area contributed by atoms with E-state index in [4.69, 9.17) is 20.8 Å². The van der Waals surface area contributed by atoms with Gasteiger partial charge in [0.2, 0.25) is 0 Å². The minimum Gasteiger partial charge on any atom is -0.442 e. The number of pyridine rings is 1. The van der Waals surface area contributed by atoms with Gasteiger partial charge in [0, 0.05) is 5.56 Å². The summed E-state index contributed by atoms with van der Waals surface area (Å²) in [6, 6.07) is 9.81. The van der Waals surface area contributed by atoms with Crippen LogP contribution in [0.2, 0.25) is 0 Å². The number of nitriles is 1. The average Bonchev–Trinajstić information content (AvgIpc) is 3.32. The topological polar surface area (TPSA) is 125 Å². The van der Waals surface area contributed by atoms with Crippen molar-refractivity contribution in [1.29, 1.82) is 10.7 Å². The van der Waals surface area contributed by atoms with E-state index in [1.54, 1.807) is 6.07 Å². The molecule has 26 heavy (non-hydrogen) atoms. The molecule has 1 atom stereocenters. The number of benzene rings is 1. The summed E-state index contributed by atoms with van der Waals surface area (Å²) in [5.41, 5.74) is 10.1. The molecule has 0 bridgehead atoms. The number of hydrogen-bond donors (Lipinski definition) is 3. The van der Waals surface area contributed by atoms with Crippen molar-refractivity contribution in [2.75, 3.05) is 11.1 Å². The first-order valence-electron chi connectivity index (χ1n) is 8.18. The van der Waals surface area contributed by atoms with Crippen LogP contribution in [0.15, 0.2) is 47.5 Å². The summed E-state index contributed by atoms with van der Waals surface area (Å²) in [7, 11) is 0. The highest BCUT2D eigenvalue weighted by Crippen LogP contribution is 2.34. The van der Waals surface area contributed by atoms with Gasteiger partial charge in [-0.3, -0.25) is 5.41 Å². The maximum atomic E-state index is 9.04. The molecule has 7 nitrogen and oxygen atoms in total. The van der Waals surface area contributed by atoms with E-state index in [1.165, 1.54) is 29.9 Å². The van der Waals surface area contributed by atoms with E-state index in [9.17, 15) is 0 Å². The number of aromatic nitrogens is 2. The molecule has 1 aliphatic carbocycles. The predicted molar refractivity (Wildman–Crippen MR) is 96.9 cm³/mol. The monoisotopic (exact) mass is 344 g/mol. The first-order chi connectivity index (χ1) is 12.7. The van der Waals surface area contributed by atoms with Gasteiger partial charge in [0.1, 0.15) is 11.5 Å². The molecule has 1 unspecified atom stereocenters. The molecule has 0 amide bonds. The van der Waals surface area contributed by atoms with Crippen LogP contribution in [0.4, 0.5) is 11.5 Å². The number of rotatable bonds is 4. The number of nitrogens with one attached hydrogen (secondary N) is 2. The van der Waals surface area contributed by atoms with Gasteiger partial charge in [-0.15, -0.1) is 0 Å². The van der Waals surface area contributed by atoms with E-state index in [2.05, 4.69) is 21.4 Å². The summed E-state index contributed by atoms with van der Waals surface area (Å²) in [5.74, 6) is 0.991. The quantitative estimate of drug-likeness (QED) is 0.625. The Hall–Kier alpha value is -3.66. The van der Waals surface area contributed by atoms with Gasteiger partial charge in [0.25, 0.3) is 0 Å². The van der Waals surface area contributed by atoms with Gasteiger partial charge in [-0.05, 0) is 42.2 Å². The van der Waals surface area contributed by atoms with Crippen molar-refractivity contribution in [3.05, 3.63) is 71.1 Å². The number of nitrogen functional groups attached to an aromatic ring is 1. The molecule has 7 heteroatoms. The largest absolute Gasteiger partial charge is 0.442 e. The van der Waals surface area contributed by atoms with Crippen molar-refractivity contribution in [1.82, 2.24) is 9.97 Å². The van der Waals surface area contributed by atoms with Crippen LogP contribution in [0.3, 0.4) is 0 Å². The lowest BCUT2D eigenvalue weighted by molar-refractivity contribution is 0.548. The lowest BCUT2D eigenvalue weighted by Crippen LogP contribution is -2.11. The third-order valence-electron chi connectivity index (χ3n) is 4.55. The second kappa shape index (κ2) is 6.33. The van der Waals surface area contributed by atoms with Gasteiger partial charge in [0.05, 0.1) is 35.8 Å². The van der Waals surface area contributed by atoms with Gasteiger partial charge in [-0.25, -0.2) is 9.97 Å². The van der Waals surface area contributed by atoms with Gasteiger partial charge < -0.3 is 15.5 Å². The zero-order valence-electron chi connectivity index (χ0n) is 13.9. The smallest absolute Gasteiger partial charge is 0.181 e. The zero-order valence-corrected chi connectivity index (χ0v) is 13.9. The Morgan fingerprint density at radius 1 is 1.35 bits per heavy atom. The van der Waals surface area contributed by atoms with E-state index in [1.807, 2.05) is 18.2 Å². The van der Waals surface area contributed by atoms with Crippen LogP contribution in [0.1, 0.15) is 40.5 Å². The van der Waals surface area contributed by atoms with Crippen LogP contribution in [0, 0.1) is 16.7 Å². The summed E-state index contributed by atoms with van der Waals surface area (Å²) in [4.78, 5) is 8.18. The molecular formula is C19H16N6O. The van der Waals surface area contributed by atoms with Crippen molar-refractivity contribution in [2.45, 2.75) is 18.9 Å². The predicted octanol–water partition coefficient (Wildman–Crippen LogP) is 3.04. The summed E-state index contributed by atoms with van der Waals surface area (Å²) in [6.45, 7) is 0. The zero-order chi connectivity index (χ0) is 18.1. The number of anilines is 2. The fraction of sp³-hybridized carbons (Fsp3) is 0.158. The van der Waals surface area contributed by atoms with Crippen molar-refractivity contribution < 1.29 is 4.42 Å². The molecule has 0 saturated carbocycles. The van der Waals surface area contributed by atoms with Crippen molar-refractivity contribution in [3.63, 3.8) is 0 Å². The summed E-state index contributed by atoms with van der Waals surface area (Å²) in [6.07, 6.45) is 6.14. The van der Waals surface area contributed by atoms with Crippen LogP contribution in [0.25, 0.3) is 0 Å². The Balaban J connectivity index is 1.60. The maximum Gasteiger partial charge on any atom is 0.181 e. The molecule has 1 aromatic carbocycles. The molecule has 2 aromatic heterocycles. The third-order valence-corrected chi connectivity index (χ3v) is 4.55. The molecule has 3 aromatic rings. The summed E-state index contributed by atoms with van der Waals surface area (Å²) in [5, 5.41) is 20.7. The molecule has 0 aliphatic heterocycles. The standard InChI is InChI=1S/C19H16N6O/c20-7-11-1-3-13-12(5-11)2-4-16(13)25-18-6-14(15(21)8-24-18)19(22)17-9-23-10-26-17/h1,3,5-6,8-10,16,22H,2,4,21H2,(H,24,25). The number of nitrogens with zero attached hydrogens (tertiary/aromatic N) is 3. The minimum absolute atomic E-state index is 0.112. The van der Waals surface area contributed by atoms with Crippen molar-refractivity contribution >= 4 is 17.2 Å². The van der Waals surface area contributed by atoms with Crippen LogP contribution in [-0.2, 0) is 6.42 Å². The first kappa shape index (κ1) is 15.8. The molecule has 0 radical (unpaired) electrons. The fourth-order valence-electron chi connectivity index (χ4n) is 3.25. The first-order valence-corrected chi connectivity index (χ1v) is 8.18. The Morgan fingerprint density at radius 3 is 3.00 bits per heavy atom. The van der Waals surface area contributed by atoms with E-state index >= 15 is 0 Å². The average molecular weight is 344 g/mol. The molecule has 128 valence electrons. The second-order valence-corrected chi connectivity index (χ2v) is 6.16. The van der Waals surface area contributed by atoms with Gasteiger partial charge in [-0.2, -0.15) is 5.26 Å². The van der Waals surface area contributed by atoms with Crippen LogP contribution in [-0.4, -0.2) is 15.7 Å². The van der Waals surface area contributed by atoms with E-state index in [0.29, 0.717) is 28.4 Å². The third kappa shape index (κ3) is 2.78. The van der Waals surface area contributed by atoms with Gasteiger partial charge >= 0.3 is 0 Å². The van der Waals surface area contributed by atoms with E-state index < -0.39 is 0 Å². The SMILES string of the molecule is N#Cc1ccc2c(c1)CCC2Nc1cc(C(=N)c2cnco2)c(N)cn1. The van der Waals surface area contributed by atoms with E-state index in [-0.39, 0.29) is 11.8 Å². The molecule has 4 rings (SSSR count). The normalized spacial score (nSPS) is 15.3. The highest BCUT2D eigenvalue weighted by Gasteiger charge is 2.23. The lowest BCUT2D eigenvalue weighted by Gasteiger charge is -2.16. The second-order valence-electron chi connectivity index (χ2n) is 6.16. The number of aryl methyl sites for hydroxylation is 1. The lowest BCUT2D eigenvalue weighted by atomic mass is 10.0. The van der Waals surface area contributed by atoms with Crippen molar-refractivity contribution in [2.24, 2.45) is 0 Å². The molecule has 2 heterocycles. The van der Waals surface area contributed by atoms with Crippen molar-refractivity contribution in [3.8, 4) is 6.07 Å². The minimum atomic E-state index is 0.112. The molecule has 1 aliphatic rings. The molecule has 0 spiro atoms. The Bertz CT molecular complexity index is 1020. The highest BCUT2D eigenvalue weighted by atomic mass is 16.3. The number of fused-ring (bicyclic) bond motifs is 1. The number of oxazole rings is 1. The summed E-state index contributed by atoms with van der Waals surface area (Å²) >= 11 is 0. The van der Waals surface area contributed by atoms with Crippen LogP contribution < -0.4 is 11.1 Å². The highest BCUT2D eigenvalue weighted by molar-refractivity contribution is 6.12. The number of nitrogens with two attached hydrogens (primary N) is 1. The van der Waals surface area contributed by atoms with Crippen LogP contribution >= 0.6 is 0 Å². The van der Waals surface area contributed by atoms with Gasteiger partial charge in [0.15, 0.2) is 12.2 Å². The molecule has 4 N–H and O–H groups in total. The fourth-order valence-corrected chi connectivity index (χ4v) is 3.25. The Labute approximate surface area is 150 Å². The van der Waals surface area contributed by atoms with Crippen LogP contribution in [0.5, 0.6) is 0 Å². The Morgan fingerprint density at radius 2 is 2.23 bits per heavy atom. The molecule has 0 fully saturated rings. The summed E-state index contributed by atoms with van der Waals surface area (Å²) < 4.78 is 5.19. The Kier molecular flexibility index (Phi) is 3.86. The molecule has 0 saturated heterocycles. The molecular weight excluding hydrogens is 328 g/mol. The van der Waals surface area contributed by atoms with Gasteiger partial charge in [-0.1, -0.05) is 6.07 Å². The number of hydrogen-bond acceptors (Lipinski definition) is 7.